The maximum Gasteiger partial charge on any atom is 0.227 e. The lowest BCUT2D eigenvalue weighted by Gasteiger charge is -2.23. The van der Waals surface area contributed by atoms with Crippen molar-refractivity contribution in [1.29, 1.82) is 0 Å². The number of nitrogens with zero attached hydrogens (tertiary/aromatic N) is 2. The molecule has 0 radical (unpaired) electrons. The van der Waals surface area contributed by atoms with Crippen LogP contribution in [0.3, 0.4) is 0 Å². The monoisotopic (exact) mass is 348 g/mol. The Balaban J connectivity index is 1.91. The molecule has 0 aromatic heterocycles. The van der Waals surface area contributed by atoms with Crippen LogP contribution >= 0.6 is 0 Å². The number of para-hydroxylation sites is 1. The van der Waals surface area contributed by atoms with Crippen LogP contribution in [0.15, 0.2) is 24.3 Å². The fourth-order valence-electron chi connectivity index (χ4n) is 3.13. The Labute approximate surface area is 151 Å². The Morgan fingerprint density at radius 1 is 1.36 bits per heavy atom. The van der Waals surface area contributed by atoms with E-state index < -0.39 is 0 Å². The fraction of sp³-hybridized carbons (Fsp3) is 0.650. The van der Waals surface area contributed by atoms with E-state index in [0.717, 1.165) is 44.0 Å². The van der Waals surface area contributed by atoms with Gasteiger partial charge in [-0.2, -0.15) is 0 Å². The van der Waals surface area contributed by atoms with E-state index in [1.165, 1.54) is 0 Å². The summed E-state index contributed by atoms with van der Waals surface area (Å²) >= 11 is 0. The van der Waals surface area contributed by atoms with Crippen molar-refractivity contribution in [3.8, 4) is 5.75 Å². The SMILES string of the molecule is COCCN1CC[C@@H](C(=O)N(C)Cc2ccccc2OCC(C)C)C1. The summed E-state index contributed by atoms with van der Waals surface area (Å²) in [6.45, 7) is 8.96. The predicted molar refractivity (Wildman–Crippen MR) is 99.7 cm³/mol. The van der Waals surface area contributed by atoms with Crippen LogP contribution in [0.4, 0.5) is 0 Å². The molecule has 1 aliphatic rings. The molecule has 0 unspecified atom stereocenters. The number of carbonyl (C=O) groups excluding carboxylic acids is 1. The molecule has 5 nitrogen and oxygen atoms in total. The van der Waals surface area contributed by atoms with Gasteiger partial charge in [0.1, 0.15) is 5.75 Å². The highest BCUT2D eigenvalue weighted by Gasteiger charge is 2.30. The molecule has 140 valence electrons. The van der Waals surface area contributed by atoms with E-state index in [4.69, 9.17) is 9.47 Å². The number of methoxy groups -OCH3 is 1. The van der Waals surface area contributed by atoms with Crippen LogP contribution in [0, 0.1) is 11.8 Å². The van der Waals surface area contributed by atoms with Crippen LogP contribution in [0.25, 0.3) is 0 Å². The fourth-order valence-corrected chi connectivity index (χ4v) is 3.13. The van der Waals surface area contributed by atoms with Gasteiger partial charge in [-0.05, 0) is 24.9 Å². The minimum absolute atomic E-state index is 0.0885. The van der Waals surface area contributed by atoms with E-state index in [2.05, 4.69) is 18.7 Å². The van der Waals surface area contributed by atoms with Crippen LogP contribution in [0.5, 0.6) is 5.75 Å². The van der Waals surface area contributed by atoms with Gasteiger partial charge in [0.2, 0.25) is 5.91 Å². The summed E-state index contributed by atoms with van der Waals surface area (Å²) in [6.07, 6.45) is 0.929. The summed E-state index contributed by atoms with van der Waals surface area (Å²) in [7, 11) is 3.60. The molecule has 5 heteroatoms. The molecule has 1 fully saturated rings. The van der Waals surface area contributed by atoms with E-state index >= 15 is 0 Å². The van der Waals surface area contributed by atoms with Crippen LogP contribution in [0.2, 0.25) is 0 Å². The first-order chi connectivity index (χ1) is 12.0. The Morgan fingerprint density at radius 2 is 2.12 bits per heavy atom. The van der Waals surface area contributed by atoms with Gasteiger partial charge in [0, 0.05) is 39.4 Å². The lowest BCUT2D eigenvalue weighted by molar-refractivity contribution is -0.134. The van der Waals surface area contributed by atoms with Crippen molar-refractivity contribution in [1.82, 2.24) is 9.80 Å². The van der Waals surface area contributed by atoms with Crippen molar-refractivity contribution in [3.63, 3.8) is 0 Å². The summed E-state index contributed by atoms with van der Waals surface area (Å²) < 4.78 is 11.0. The summed E-state index contributed by atoms with van der Waals surface area (Å²) in [5.41, 5.74) is 1.06. The Morgan fingerprint density at radius 3 is 2.84 bits per heavy atom. The van der Waals surface area contributed by atoms with Gasteiger partial charge >= 0.3 is 0 Å². The molecule has 1 atom stereocenters. The summed E-state index contributed by atoms with van der Waals surface area (Å²) in [5.74, 6) is 1.66. The molecule has 0 spiro atoms. The molecule has 1 saturated heterocycles. The maximum absolute atomic E-state index is 12.8. The van der Waals surface area contributed by atoms with E-state index in [0.29, 0.717) is 19.1 Å². The largest absolute Gasteiger partial charge is 0.493 e. The van der Waals surface area contributed by atoms with E-state index in [1.807, 2.05) is 36.2 Å². The standard InChI is InChI=1S/C20H32N2O3/c1-16(2)15-25-19-8-6-5-7-17(19)13-21(3)20(23)18-9-10-22(14-18)11-12-24-4/h5-8,16,18H,9-15H2,1-4H3/t18-/m1/s1. The number of rotatable bonds is 9. The minimum atomic E-state index is 0.0885. The van der Waals surface area contributed by atoms with Crippen molar-refractivity contribution in [2.24, 2.45) is 11.8 Å². The highest BCUT2D eigenvalue weighted by Crippen LogP contribution is 2.23. The zero-order valence-electron chi connectivity index (χ0n) is 16.0. The van der Waals surface area contributed by atoms with Crippen molar-refractivity contribution in [2.45, 2.75) is 26.8 Å². The second-order valence-electron chi connectivity index (χ2n) is 7.29. The predicted octanol–water partition coefficient (Wildman–Crippen LogP) is 2.65. The first-order valence-electron chi connectivity index (χ1n) is 9.18. The first-order valence-corrected chi connectivity index (χ1v) is 9.18. The molecule has 0 N–H and O–H groups in total. The summed E-state index contributed by atoms with van der Waals surface area (Å²) in [4.78, 5) is 16.9. The molecule has 0 bridgehead atoms. The smallest absolute Gasteiger partial charge is 0.227 e. The van der Waals surface area contributed by atoms with Gasteiger partial charge < -0.3 is 19.3 Å². The average Bonchev–Trinajstić information content (AvgIpc) is 3.07. The lowest BCUT2D eigenvalue weighted by atomic mass is 10.1. The van der Waals surface area contributed by atoms with Gasteiger partial charge in [-0.25, -0.2) is 0 Å². The zero-order chi connectivity index (χ0) is 18.2. The lowest BCUT2D eigenvalue weighted by Crippen LogP contribution is -2.34. The molecule has 25 heavy (non-hydrogen) atoms. The minimum Gasteiger partial charge on any atom is -0.493 e. The van der Waals surface area contributed by atoms with Gasteiger partial charge in [-0.15, -0.1) is 0 Å². The molecule has 1 aromatic carbocycles. The third kappa shape index (κ3) is 6.01. The quantitative estimate of drug-likeness (QED) is 0.688. The zero-order valence-corrected chi connectivity index (χ0v) is 16.0. The molecule has 1 aromatic rings. The first kappa shape index (κ1) is 19.7. The number of amides is 1. The number of ether oxygens (including phenoxy) is 2. The van der Waals surface area contributed by atoms with Crippen molar-refractivity contribution in [2.75, 3.05) is 47.0 Å². The topological polar surface area (TPSA) is 42.0 Å². The third-order valence-electron chi connectivity index (χ3n) is 4.56. The second kappa shape index (κ2) is 9.78. The van der Waals surface area contributed by atoms with E-state index in [1.54, 1.807) is 7.11 Å². The van der Waals surface area contributed by atoms with Crippen molar-refractivity contribution >= 4 is 5.91 Å². The van der Waals surface area contributed by atoms with E-state index in [-0.39, 0.29) is 11.8 Å². The Hall–Kier alpha value is -1.59. The molecule has 1 aliphatic heterocycles. The van der Waals surface area contributed by atoms with Gasteiger partial charge in [0.15, 0.2) is 0 Å². The summed E-state index contributed by atoms with van der Waals surface area (Å²) in [5, 5.41) is 0. The molecule has 2 rings (SSSR count). The van der Waals surface area contributed by atoms with Crippen LogP contribution in [0.1, 0.15) is 25.8 Å². The molecule has 0 saturated carbocycles. The molecule has 0 aliphatic carbocycles. The highest BCUT2D eigenvalue weighted by molar-refractivity contribution is 5.79. The third-order valence-corrected chi connectivity index (χ3v) is 4.56. The van der Waals surface area contributed by atoms with Crippen LogP contribution < -0.4 is 4.74 Å². The summed E-state index contributed by atoms with van der Waals surface area (Å²) in [6, 6.07) is 8.00. The number of benzene rings is 1. The number of hydrogen-bond donors (Lipinski definition) is 0. The average molecular weight is 348 g/mol. The van der Waals surface area contributed by atoms with Gasteiger partial charge in [0.25, 0.3) is 0 Å². The van der Waals surface area contributed by atoms with Gasteiger partial charge in [-0.1, -0.05) is 32.0 Å². The Bertz CT molecular complexity index is 547. The normalized spacial score (nSPS) is 17.9. The highest BCUT2D eigenvalue weighted by atomic mass is 16.5. The number of hydrogen-bond acceptors (Lipinski definition) is 4. The molecular formula is C20H32N2O3. The maximum atomic E-state index is 12.8. The number of carbonyl (C=O) groups is 1. The van der Waals surface area contributed by atoms with E-state index in [9.17, 15) is 4.79 Å². The van der Waals surface area contributed by atoms with Gasteiger partial charge in [0.05, 0.1) is 19.1 Å². The molecule has 1 amide bonds. The number of likely N-dealkylation sites (tertiary alicyclic amines) is 1. The second-order valence-corrected chi connectivity index (χ2v) is 7.29. The van der Waals surface area contributed by atoms with Crippen molar-refractivity contribution in [3.05, 3.63) is 29.8 Å². The van der Waals surface area contributed by atoms with Crippen LogP contribution in [-0.4, -0.2) is 62.7 Å². The molecule has 1 heterocycles. The van der Waals surface area contributed by atoms with Crippen molar-refractivity contribution < 1.29 is 14.3 Å². The van der Waals surface area contributed by atoms with Gasteiger partial charge in [-0.3, -0.25) is 4.79 Å². The van der Waals surface area contributed by atoms with Crippen LogP contribution in [-0.2, 0) is 16.1 Å². The molecular weight excluding hydrogens is 316 g/mol. The Kier molecular flexibility index (Phi) is 7.72.